The first-order valence-electron chi connectivity index (χ1n) is 5.93. The van der Waals surface area contributed by atoms with E-state index in [1.807, 2.05) is 0 Å². The first-order valence-corrected chi connectivity index (χ1v) is 5.93. The van der Waals surface area contributed by atoms with Crippen LogP contribution in [0.2, 0.25) is 0 Å². The molecule has 0 aliphatic rings. The van der Waals surface area contributed by atoms with Crippen LogP contribution in [0.5, 0.6) is 0 Å². The molecule has 0 aromatic carbocycles. The van der Waals surface area contributed by atoms with Gasteiger partial charge in [0.2, 0.25) is 0 Å². The molecule has 0 aliphatic carbocycles. The van der Waals surface area contributed by atoms with Crippen molar-refractivity contribution < 1.29 is 29.0 Å². The van der Waals surface area contributed by atoms with Crippen molar-refractivity contribution in [1.82, 2.24) is 10.6 Å². The van der Waals surface area contributed by atoms with Gasteiger partial charge in [-0.2, -0.15) is 0 Å². The Balaban J connectivity index is 3.79. The SMILES string of the molecule is CCOC(=O)CCCNC(=O)NC(COC)C(=O)O. The van der Waals surface area contributed by atoms with Crippen molar-refractivity contribution in [2.75, 3.05) is 26.9 Å². The van der Waals surface area contributed by atoms with Crippen molar-refractivity contribution in [3.8, 4) is 0 Å². The van der Waals surface area contributed by atoms with Crippen LogP contribution in [0.4, 0.5) is 4.79 Å². The van der Waals surface area contributed by atoms with Crippen LogP contribution >= 0.6 is 0 Å². The quantitative estimate of drug-likeness (QED) is 0.394. The number of carboxylic acids is 1. The molecule has 0 spiro atoms. The molecule has 110 valence electrons. The molecule has 1 unspecified atom stereocenters. The van der Waals surface area contributed by atoms with Gasteiger partial charge in [-0.1, -0.05) is 0 Å². The molecule has 0 bridgehead atoms. The molecule has 0 saturated heterocycles. The topological polar surface area (TPSA) is 114 Å². The van der Waals surface area contributed by atoms with E-state index in [9.17, 15) is 14.4 Å². The normalized spacial score (nSPS) is 11.5. The molecular weight excluding hydrogens is 256 g/mol. The Morgan fingerprint density at radius 1 is 1.32 bits per heavy atom. The van der Waals surface area contributed by atoms with Crippen LogP contribution < -0.4 is 10.6 Å². The Kier molecular flexibility index (Phi) is 9.15. The third-order valence-electron chi connectivity index (χ3n) is 2.09. The molecule has 0 aromatic rings. The number of esters is 1. The van der Waals surface area contributed by atoms with Crippen LogP contribution in [-0.2, 0) is 19.1 Å². The highest BCUT2D eigenvalue weighted by molar-refractivity contribution is 5.82. The molecule has 1 atom stereocenters. The van der Waals surface area contributed by atoms with Crippen molar-refractivity contribution >= 4 is 18.0 Å². The molecule has 0 fully saturated rings. The number of hydrogen-bond donors (Lipinski definition) is 3. The molecule has 0 heterocycles. The number of amides is 2. The molecule has 3 N–H and O–H groups in total. The van der Waals surface area contributed by atoms with E-state index in [0.717, 1.165) is 0 Å². The fourth-order valence-electron chi connectivity index (χ4n) is 1.22. The van der Waals surface area contributed by atoms with E-state index in [1.165, 1.54) is 7.11 Å². The van der Waals surface area contributed by atoms with E-state index >= 15 is 0 Å². The van der Waals surface area contributed by atoms with Crippen molar-refractivity contribution in [3.05, 3.63) is 0 Å². The fourth-order valence-corrected chi connectivity index (χ4v) is 1.22. The Morgan fingerprint density at radius 2 is 2.00 bits per heavy atom. The minimum Gasteiger partial charge on any atom is -0.480 e. The summed E-state index contributed by atoms with van der Waals surface area (Å²) < 4.78 is 9.38. The van der Waals surface area contributed by atoms with E-state index in [0.29, 0.717) is 13.0 Å². The van der Waals surface area contributed by atoms with Crippen LogP contribution in [-0.4, -0.2) is 56.0 Å². The summed E-state index contributed by atoms with van der Waals surface area (Å²) in [5.41, 5.74) is 0. The number of nitrogens with one attached hydrogen (secondary N) is 2. The third-order valence-corrected chi connectivity index (χ3v) is 2.09. The summed E-state index contributed by atoms with van der Waals surface area (Å²) in [6, 6.07) is -1.72. The van der Waals surface area contributed by atoms with Crippen molar-refractivity contribution in [3.63, 3.8) is 0 Å². The lowest BCUT2D eigenvalue weighted by molar-refractivity contribution is -0.143. The lowest BCUT2D eigenvalue weighted by Gasteiger charge is -2.14. The average Bonchev–Trinajstić information content (AvgIpc) is 2.34. The number of carboxylic acid groups (broad SMARTS) is 1. The number of ether oxygens (including phenoxy) is 2. The lowest BCUT2D eigenvalue weighted by atomic mass is 10.3. The summed E-state index contributed by atoms with van der Waals surface area (Å²) in [4.78, 5) is 33.1. The van der Waals surface area contributed by atoms with Gasteiger partial charge in [-0.05, 0) is 13.3 Å². The molecule has 0 aliphatic heterocycles. The van der Waals surface area contributed by atoms with Crippen molar-refractivity contribution in [2.24, 2.45) is 0 Å². The van der Waals surface area contributed by atoms with E-state index in [4.69, 9.17) is 9.84 Å². The van der Waals surface area contributed by atoms with Gasteiger partial charge in [0, 0.05) is 20.1 Å². The first kappa shape index (κ1) is 17.2. The van der Waals surface area contributed by atoms with Crippen LogP contribution in [0.1, 0.15) is 19.8 Å². The van der Waals surface area contributed by atoms with E-state index in [1.54, 1.807) is 6.92 Å². The summed E-state index contributed by atoms with van der Waals surface area (Å²) in [6.45, 7) is 2.17. The zero-order valence-corrected chi connectivity index (χ0v) is 11.1. The van der Waals surface area contributed by atoms with Crippen LogP contribution in [0, 0.1) is 0 Å². The first-order chi connectivity index (χ1) is 9.01. The predicted octanol–water partition coefficient (Wildman–Crippen LogP) is -0.271. The van der Waals surface area contributed by atoms with Gasteiger partial charge in [-0.15, -0.1) is 0 Å². The minimum atomic E-state index is -1.18. The zero-order chi connectivity index (χ0) is 14.7. The molecule has 0 saturated carbocycles. The highest BCUT2D eigenvalue weighted by atomic mass is 16.5. The second-order valence-electron chi connectivity index (χ2n) is 3.65. The molecule has 8 heteroatoms. The van der Waals surface area contributed by atoms with Gasteiger partial charge < -0.3 is 25.2 Å². The molecular formula is C11H20N2O6. The van der Waals surface area contributed by atoms with Gasteiger partial charge in [0.25, 0.3) is 0 Å². The van der Waals surface area contributed by atoms with Crippen LogP contribution in [0.3, 0.4) is 0 Å². The molecule has 0 rings (SSSR count). The average molecular weight is 276 g/mol. The maximum Gasteiger partial charge on any atom is 0.328 e. The number of carbonyl (C=O) groups excluding carboxylic acids is 2. The lowest BCUT2D eigenvalue weighted by Crippen LogP contribution is -2.48. The van der Waals surface area contributed by atoms with E-state index < -0.39 is 18.0 Å². The highest BCUT2D eigenvalue weighted by Gasteiger charge is 2.19. The second kappa shape index (κ2) is 10.1. The van der Waals surface area contributed by atoms with Gasteiger partial charge in [0.1, 0.15) is 0 Å². The maximum absolute atomic E-state index is 11.3. The van der Waals surface area contributed by atoms with E-state index in [-0.39, 0.29) is 25.5 Å². The third kappa shape index (κ3) is 8.83. The Bertz CT molecular complexity index is 308. The molecule has 0 aromatic heterocycles. The van der Waals surface area contributed by atoms with Crippen LogP contribution in [0.25, 0.3) is 0 Å². The van der Waals surface area contributed by atoms with E-state index in [2.05, 4.69) is 15.4 Å². The summed E-state index contributed by atoms with van der Waals surface area (Å²) in [5, 5.41) is 13.5. The number of hydrogen-bond acceptors (Lipinski definition) is 5. The smallest absolute Gasteiger partial charge is 0.328 e. The molecule has 2 amide bonds. The number of rotatable bonds is 9. The number of aliphatic carboxylic acids is 1. The monoisotopic (exact) mass is 276 g/mol. The maximum atomic E-state index is 11.3. The molecule has 8 nitrogen and oxygen atoms in total. The molecule has 0 radical (unpaired) electrons. The number of methoxy groups -OCH3 is 1. The summed E-state index contributed by atoms with van der Waals surface area (Å²) >= 11 is 0. The Hall–Kier alpha value is -1.83. The Morgan fingerprint density at radius 3 is 2.53 bits per heavy atom. The van der Waals surface area contributed by atoms with Gasteiger partial charge in [0.15, 0.2) is 6.04 Å². The van der Waals surface area contributed by atoms with Gasteiger partial charge in [0.05, 0.1) is 13.2 Å². The Labute approximate surface area is 111 Å². The summed E-state index contributed by atoms with van der Waals surface area (Å²) in [7, 11) is 1.34. The second-order valence-corrected chi connectivity index (χ2v) is 3.65. The van der Waals surface area contributed by atoms with Gasteiger partial charge in [-0.25, -0.2) is 9.59 Å². The minimum absolute atomic E-state index is 0.119. The van der Waals surface area contributed by atoms with Gasteiger partial charge >= 0.3 is 18.0 Å². The standard InChI is InChI=1S/C11H20N2O6/c1-3-19-9(14)5-4-6-12-11(17)13-8(7-18-2)10(15)16/h8H,3-7H2,1-2H3,(H,15,16)(H2,12,13,17). The summed E-state index contributed by atoms with van der Waals surface area (Å²) in [6.07, 6.45) is 0.628. The van der Waals surface area contributed by atoms with Crippen LogP contribution in [0.15, 0.2) is 0 Å². The molecule has 19 heavy (non-hydrogen) atoms. The van der Waals surface area contributed by atoms with Gasteiger partial charge in [-0.3, -0.25) is 4.79 Å². The van der Waals surface area contributed by atoms with Crippen molar-refractivity contribution in [2.45, 2.75) is 25.8 Å². The highest BCUT2D eigenvalue weighted by Crippen LogP contribution is 1.91. The zero-order valence-electron chi connectivity index (χ0n) is 11.1. The predicted molar refractivity (Wildman–Crippen MR) is 65.7 cm³/mol. The number of urea groups is 1. The number of carbonyl (C=O) groups is 3. The largest absolute Gasteiger partial charge is 0.480 e. The van der Waals surface area contributed by atoms with Crippen molar-refractivity contribution in [1.29, 1.82) is 0 Å². The fraction of sp³-hybridized carbons (Fsp3) is 0.727. The summed E-state index contributed by atoms with van der Waals surface area (Å²) in [5.74, 6) is -1.50.